The van der Waals surface area contributed by atoms with E-state index in [9.17, 15) is 22.0 Å². The van der Waals surface area contributed by atoms with Gasteiger partial charge in [0.15, 0.2) is 0 Å². The molecule has 0 aliphatic carbocycles. The Morgan fingerprint density at radius 1 is 1.27 bits per heavy atom. The summed E-state index contributed by atoms with van der Waals surface area (Å²) in [5, 5.41) is 5.65. The number of pyridine rings is 1. The summed E-state index contributed by atoms with van der Waals surface area (Å²) in [4.78, 5) is 16.3. The van der Waals surface area contributed by atoms with Gasteiger partial charge in [-0.05, 0) is 49.2 Å². The lowest BCUT2D eigenvalue weighted by atomic mass is 10.1. The number of nitrogens with one attached hydrogen (secondary N) is 3. The lowest BCUT2D eigenvalue weighted by Crippen LogP contribution is -2.20. The van der Waals surface area contributed by atoms with Gasteiger partial charge in [0.2, 0.25) is 15.9 Å². The van der Waals surface area contributed by atoms with Crippen molar-refractivity contribution in [2.45, 2.75) is 27.1 Å². The molecule has 2 rings (SSSR count). The Morgan fingerprint density at radius 2 is 2.00 bits per heavy atom. The molecule has 0 fully saturated rings. The summed E-state index contributed by atoms with van der Waals surface area (Å²) in [6.45, 7) is 3.40. The van der Waals surface area contributed by atoms with E-state index in [2.05, 4.69) is 20.3 Å². The number of amides is 1. The standard InChI is InChI=1S/C20H24F2N4O3S/c1-4-23-20-15(5-7-16(11-21)25-20)6-8-18(27)24-12-14-9-13(2)19(17(22)10-14)26-30(3,28)29/h5-10,26H,4,11-12H2,1-3H3,(H,23,25)(H,24,27)/b8-6+. The molecule has 0 atom stereocenters. The molecule has 162 valence electrons. The number of aryl methyl sites for hydroxylation is 1. The summed E-state index contributed by atoms with van der Waals surface area (Å²) >= 11 is 0. The highest BCUT2D eigenvalue weighted by molar-refractivity contribution is 7.92. The normalized spacial score (nSPS) is 11.5. The average molecular weight is 439 g/mol. The number of nitrogens with zero attached hydrogens (tertiary/aromatic N) is 1. The summed E-state index contributed by atoms with van der Waals surface area (Å²) in [5.41, 5.74) is 1.68. The Kier molecular flexibility index (Phi) is 7.87. The molecule has 0 unspecified atom stereocenters. The Labute approximate surface area is 174 Å². The number of sulfonamides is 1. The van der Waals surface area contributed by atoms with Crippen LogP contribution in [-0.2, 0) is 28.0 Å². The van der Waals surface area contributed by atoms with Crippen molar-refractivity contribution in [2.75, 3.05) is 22.8 Å². The number of benzene rings is 1. The Morgan fingerprint density at radius 3 is 2.60 bits per heavy atom. The fourth-order valence-electron chi connectivity index (χ4n) is 2.67. The predicted molar refractivity (Wildman–Crippen MR) is 114 cm³/mol. The maximum atomic E-state index is 14.2. The molecule has 0 spiro atoms. The first-order valence-corrected chi connectivity index (χ1v) is 11.0. The second-order valence-corrected chi connectivity index (χ2v) is 8.35. The predicted octanol–water partition coefficient (Wildman–Crippen LogP) is 3.13. The number of hydrogen-bond donors (Lipinski definition) is 3. The van der Waals surface area contributed by atoms with Crippen molar-refractivity contribution in [2.24, 2.45) is 0 Å². The monoisotopic (exact) mass is 438 g/mol. The van der Waals surface area contributed by atoms with Crippen molar-refractivity contribution in [1.82, 2.24) is 10.3 Å². The number of halogens is 2. The van der Waals surface area contributed by atoms with Crippen LogP contribution < -0.4 is 15.4 Å². The molecule has 0 bridgehead atoms. The Hall–Kier alpha value is -3.01. The van der Waals surface area contributed by atoms with E-state index in [4.69, 9.17) is 0 Å². The lowest BCUT2D eigenvalue weighted by Gasteiger charge is -2.11. The molecule has 0 saturated heterocycles. The summed E-state index contributed by atoms with van der Waals surface area (Å²) in [5.74, 6) is -0.665. The number of carbonyl (C=O) groups is 1. The van der Waals surface area contributed by atoms with Gasteiger partial charge in [-0.25, -0.2) is 22.2 Å². The van der Waals surface area contributed by atoms with Crippen LogP contribution in [-0.4, -0.2) is 32.1 Å². The van der Waals surface area contributed by atoms with Gasteiger partial charge >= 0.3 is 0 Å². The zero-order chi connectivity index (χ0) is 22.3. The molecule has 1 aromatic heterocycles. The zero-order valence-electron chi connectivity index (χ0n) is 16.9. The van der Waals surface area contributed by atoms with Gasteiger partial charge in [0.1, 0.15) is 18.3 Å². The third-order valence-corrected chi connectivity index (χ3v) is 4.56. The Balaban J connectivity index is 2.06. The van der Waals surface area contributed by atoms with Crippen LogP contribution in [0.15, 0.2) is 30.3 Å². The molecule has 1 heterocycles. The molecule has 3 N–H and O–H groups in total. The molecule has 0 radical (unpaired) electrons. The molecular formula is C20H24F2N4O3S. The molecule has 7 nitrogen and oxygen atoms in total. The van der Waals surface area contributed by atoms with Crippen LogP contribution in [0, 0.1) is 12.7 Å². The van der Waals surface area contributed by atoms with E-state index in [-0.39, 0.29) is 12.2 Å². The maximum absolute atomic E-state index is 14.2. The van der Waals surface area contributed by atoms with Gasteiger partial charge in [-0.2, -0.15) is 0 Å². The lowest BCUT2D eigenvalue weighted by molar-refractivity contribution is -0.116. The number of rotatable bonds is 9. The van der Waals surface area contributed by atoms with Crippen LogP contribution in [0.5, 0.6) is 0 Å². The number of carbonyl (C=O) groups excluding carboxylic acids is 1. The van der Waals surface area contributed by atoms with Crippen LogP contribution in [0.1, 0.15) is 29.3 Å². The van der Waals surface area contributed by atoms with E-state index >= 15 is 0 Å². The summed E-state index contributed by atoms with van der Waals surface area (Å²) in [6.07, 6.45) is 3.79. The Bertz CT molecular complexity index is 1030. The number of hydrogen-bond acceptors (Lipinski definition) is 5. The van der Waals surface area contributed by atoms with Crippen LogP contribution in [0.25, 0.3) is 6.08 Å². The van der Waals surface area contributed by atoms with E-state index in [1.54, 1.807) is 25.1 Å². The summed E-state index contributed by atoms with van der Waals surface area (Å²) in [6, 6.07) is 5.95. The maximum Gasteiger partial charge on any atom is 0.244 e. The fraction of sp³-hybridized carbons (Fsp3) is 0.300. The second-order valence-electron chi connectivity index (χ2n) is 6.60. The van der Waals surface area contributed by atoms with Crippen LogP contribution in [0.4, 0.5) is 20.3 Å². The first-order chi connectivity index (χ1) is 14.1. The van der Waals surface area contributed by atoms with Gasteiger partial charge in [-0.15, -0.1) is 0 Å². The fourth-order valence-corrected chi connectivity index (χ4v) is 3.30. The summed E-state index contributed by atoms with van der Waals surface area (Å²) in [7, 11) is -3.61. The van der Waals surface area contributed by atoms with Crippen molar-refractivity contribution >= 4 is 33.5 Å². The van der Waals surface area contributed by atoms with Gasteiger partial charge in [-0.1, -0.05) is 6.07 Å². The average Bonchev–Trinajstić information content (AvgIpc) is 2.67. The molecule has 2 aromatic rings. The molecule has 30 heavy (non-hydrogen) atoms. The minimum absolute atomic E-state index is 0.0548. The minimum Gasteiger partial charge on any atom is -0.370 e. The number of aromatic nitrogens is 1. The van der Waals surface area contributed by atoms with E-state index < -0.39 is 28.4 Å². The molecule has 1 amide bonds. The smallest absolute Gasteiger partial charge is 0.244 e. The summed E-state index contributed by atoms with van der Waals surface area (Å²) < 4.78 is 51.8. The minimum atomic E-state index is -3.61. The van der Waals surface area contributed by atoms with Gasteiger partial charge in [0.25, 0.3) is 0 Å². The van der Waals surface area contributed by atoms with Crippen molar-refractivity contribution in [3.63, 3.8) is 0 Å². The highest BCUT2D eigenvalue weighted by atomic mass is 32.2. The van der Waals surface area contributed by atoms with E-state index in [0.29, 0.717) is 34.7 Å². The van der Waals surface area contributed by atoms with Crippen LogP contribution in [0.2, 0.25) is 0 Å². The highest BCUT2D eigenvalue weighted by Gasteiger charge is 2.12. The molecule has 0 saturated carbocycles. The first-order valence-electron chi connectivity index (χ1n) is 9.15. The first kappa shape index (κ1) is 23.3. The zero-order valence-corrected chi connectivity index (χ0v) is 17.7. The number of alkyl halides is 1. The third kappa shape index (κ3) is 6.80. The SMILES string of the molecule is CCNc1nc(CF)ccc1/C=C/C(=O)NCc1cc(C)c(NS(C)(=O)=O)c(F)c1. The van der Waals surface area contributed by atoms with Crippen molar-refractivity contribution in [1.29, 1.82) is 0 Å². The highest BCUT2D eigenvalue weighted by Crippen LogP contribution is 2.22. The van der Waals surface area contributed by atoms with Crippen molar-refractivity contribution in [3.05, 3.63) is 58.5 Å². The van der Waals surface area contributed by atoms with Crippen molar-refractivity contribution < 1.29 is 22.0 Å². The van der Waals surface area contributed by atoms with Gasteiger partial charge < -0.3 is 10.6 Å². The molecule has 1 aromatic carbocycles. The van der Waals surface area contributed by atoms with Crippen LogP contribution >= 0.6 is 0 Å². The van der Waals surface area contributed by atoms with E-state index in [0.717, 1.165) is 12.3 Å². The molecule has 0 aliphatic heterocycles. The van der Waals surface area contributed by atoms with Crippen molar-refractivity contribution in [3.8, 4) is 0 Å². The molecule has 10 heteroatoms. The third-order valence-electron chi connectivity index (χ3n) is 3.98. The van der Waals surface area contributed by atoms with Gasteiger partial charge in [-0.3, -0.25) is 9.52 Å². The molecule has 0 aliphatic rings. The largest absolute Gasteiger partial charge is 0.370 e. The van der Waals surface area contributed by atoms with E-state index in [1.165, 1.54) is 12.1 Å². The topological polar surface area (TPSA) is 100 Å². The molecular weight excluding hydrogens is 414 g/mol. The van der Waals surface area contributed by atoms with Gasteiger partial charge in [0.05, 0.1) is 17.6 Å². The number of anilines is 2. The van der Waals surface area contributed by atoms with E-state index in [1.807, 2.05) is 6.92 Å². The second kappa shape index (κ2) is 10.1. The van der Waals surface area contributed by atoms with Crippen LogP contribution in [0.3, 0.4) is 0 Å². The quantitative estimate of drug-likeness (QED) is 0.523. The van der Waals surface area contributed by atoms with Gasteiger partial charge in [0, 0.05) is 24.7 Å².